The first-order valence-corrected chi connectivity index (χ1v) is 8.82. The van der Waals surface area contributed by atoms with Crippen LogP contribution in [-0.4, -0.2) is 36.8 Å². The summed E-state index contributed by atoms with van der Waals surface area (Å²) < 4.78 is 12.3. The molecule has 1 aromatic carbocycles. The van der Waals surface area contributed by atoms with E-state index in [1.165, 1.54) is 11.1 Å². The molecule has 0 unspecified atom stereocenters. The van der Waals surface area contributed by atoms with Gasteiger partial charge in [-0.25, -0.2) is 0 Å². The monoisotopic (exact) mass is 327 g/mol. The minimum atomic E-state index is -0.305. The van der Waals surface area contributed by atoms with Crippen LogP contribution in [0.25, 0.3) is 5.57 Å². The van der Waals surface area contributed by atoms with Crippen molar-refractivity contribution in [2.45, 2.75) is 52.7 Å². The van der Waals surface area contributed by atoms with Crippen molar-refractivity contribution in [1.82, 2.24) is 4.90 Å². The third-order valence-corrected chi connectivity index (χ3v) is 4.84. The summed E-state index contributed by atoms with van der Waals surface area (Å²) in [6.07, 6.45) is 6.34. The van der Waals surface area contributed by atoms with Gasteiger partial charge in [-0.3, -0.25) is 0 Å². The molecule has 4 heteroatoms. The molecule has 0 spiro atoms. The van der Waals surface area contributed by atoms with Crippen LogP contribution in [0, 0.1) is 0 Å². The topological polar surface area (TPSA) is 21.7 Å². The van der Waals surface area contributed by atoms with Crippen LogP contribution in [0.15, 0.2) is 42.6 Å². The molecule has 3 rings (SSSR count). The third kappa shape index (κ3) is 3.76. The van der Waals surface area contributed by atoms with Crippen molar-refractivity contribution in [3.8, 4) is 0 Å². The Bertz CT molecular complexity index is 618. The molecule has 0 saturated carbocycles. The molecule has 2 aliphatic heterocycles. The normalized spacial score (nSPS) is 21.2. The Morgan fingerprint density at radius 3 is 2.25 bits per heavy atom. The minimum Gasteiger partial charge on any atom is -0.399 e. The van der Waals surface area contributed by atoms with E-state index in [-0.39, 0.29) is 18.3 Å². The van der Waals surface area contributed by atoms with E-state index in [2.05, 4.69) is 82.3 Å². The summed E-state index contributed by atoms with van der Waals surface area (Å²) in [5.41, 5.74) is 3.00. The van der Waals surface area contributed by atoms with E-state index in [4.69, 9.17) is 9.31 Å². The maximum atomic E-state index is 6.15. The van der Waals surface area contributed by atoms with E-state index in [0.717, 1.165) is 12.0 Å². The van der Waals surface area contributed by atoms with E-state index in [1.807, 2.05) is 13.8 Å². The molecule has 0 amide bonds. The van der Waals surface area contributed by atoms with Gasteiger partial charge in [0.25, 0.3) is 0 Å². The zero-order valence-electron chi connectivity index (χ0n) is 16.1. The molecule has 0 aromatic heterocycles. The summed E-state index contributed by atoms with van der Waals surface area (Å²) >= 11 is 0. The summed E-state index contributed by atoms with van der Waals surface area (Å²) in [6, 6.07) is 8.48. The predicted octanol–water partition coefficient (Wildman–Crippen LogP) is 3.85. The van der Waals surface area contributed by atoms with Gasteiger partial charge in [0.1, 0.15) is 0 Å². The minimum absolute atomic E-state index is 0.303. The van der Waals surface area contributed by atoms with Crippen LogP contribution in [0.5, 0.6) is 0 Å². The van der Waals surface area contributed by atoms with Crippen LogP contribution in [0.2, 0.25) is 0 Å². The van der Waals surface area contributed by atoms with E-state index < -0.39 is 0 Å². The van der Waals surface area contributed by atoms with Gasteiger partial charge in [-0.05, 0) is 56.6 Å². The number of benzene rings is 1. The van der Waals surface area contributed by atoms with Crippen LogP contribution in [-0.2, 0) is 9.31 Å². The molecule has 2 heterocycles. The summed E-state index contributed by atoms with van der Waals surface area (Å²) in [4.78, 5) is 2.18. The van der Waals surface area contributed by atoms with E-state index >= 15 is 0 Å². The standard InChI is InChI=1S/C18H24BNO2.C2H6/c1-17(2)18(3,4)22-19(21-17)16-10-6-8-14(12-16)15-9-7-11-20(5)13-15;1-2/h6-12H,13H2,1-5H3;1-2H3. The predicted molar refractivity (Wildman–Crippen MR) is 103 cm³/mol. The Morgan fingerprint density at radius 2 is 1.67 bits per heavy atom. The fourth-order valence-electron chi connectivity index (χ4n) is 2.73. The molecule has 24 heavy (non-hydrogen) atoms. The highest BCUT2D eigenvalue weighted by Gasteiger charge is 2.51. The molecule has 0 N–H and O–H groups in total. The van der Waals surface area contributed by atoms with Gasteiger partial charge in [0, 0.05) is 13.6 Å². The lowest BCUT2D eigenvalue weighted by Gasteiger charge is -2.32. The first-order chi connectivity index (χ1) is 11.3. The Morgan fingerprint density at radius 1 is 1.04 bits per heavy atom. The van der Waals surface area contributed by atoms with Crippen LogP contribution >= 0.6 is 0 Å². The lowest BCUT2D eigenvalue weighted by Crippen LogP contribution is -2.41. The second-order valence-electron chi connectivity index (χ2n) is 7.16. The highest BCUT2D eigenvalue weighted by atomic mass is 16.7. The van der Waals surface area contributed by atoms with Crippen molar-refractivity contribution in [2.75, 3.05) is 13.6 Å². The van der Waals surface area contributed by atoms with E-state index in [9.17, 15) is 0 Å². The van der Waals surface area contributed by atoms with Gasteiger partial charge in [0.15, 0.2) is 0 Å². The fraction of sp³-hybridized carbons (Fsp3) is 0.500. The molecule has 1 saturated heterocycles. The molecule has 130 valence electrons. The maximum Gasteiger partial charge on any atom is 0.494 e. The van der Waals surface area contributed by atoms with Crippen molar-refractivity contribution < 1.29 is 9.31 Å². The second-order valence-corrected chi connectivity index (χ2v) is 7.16. The molecule has 3 nitrogen and oxygen atoms in total. The van der Waals surface area contributed by atoms with E-state index in [0.29, 0.717) is 0 Å². The molecular weight excluding hydrogens is 297 g/mol. The highest BCUT2D eigenvalue weighted by molar-refractivity contribution is 6.62. The Labute approximate surface area is 147 Å². The SMILES string of the molecule is CC.CN1C=CC=C(c2cccc(B3OC(C)(C)C(C)(C)O3)c2)C1. The number of rotatable bonds is 2. The van der Waals surface area contributed by atoms with Gasteiger partial charge in [-0.15, -0.1) is 0 Å². The Balaban J connectivity index is 0.00000100. The van der Waals surface area contributed by atoms with Crippen molar-refractivity contribution in [3.63, 3.8) is 0 Å². The molecular formula is C20H30BNO2. The molecule has 0 bridgehead atoms. The Kier molecular flexibility index (Phi) is 5.61. The van der Waals surface area contributed by atoms with Crippen LogP contribution in [0.4, 0.5) is 0 Å². The third-order valence-electron chi connectivity index (χ3n) is 4.84. The average molecular weight is 327 g/mol. The van der Waals surface area contributed by atoms with Gasteiger partial charge in [0.2, 0.25) is 0 Å². The molecule has 0 atom stereocenters. The second kappa shape index (κ2) is 7.16. The number of nitrogens with zero attached hydrogens (tertiary/aromatic N) is 1. The lowest BCUT2D eigenvalue weighted by molar-refractivity contribution is 0.00578. The zero-order valence-corrected chi connectivity index (χ0v) is 16.1. The summed E-state index contributed by atoms with van der Waals surface area (Å²) in [5, 5.41) is 0. The molecule has 0 radical (unpaired) electrons. The van der Waals surface area contributed by atoms with Crippen molar-refractivity contribution >= 4 is 18.2 Å². The van der Waals surface area contributed by atoms with Crippen LogP contribution in [0.1, 0.15) is 47.1 Å². The van der Waals surface area contributed by atoms with Gasteiger partial charge in [-0.1, -0.05) is 44.2 Å². The fourth-order valence-corrected chi connectivity index (χ4v) is 2.73. The first-order valence-electron chi connectivity index (χ1n) is 8.82. The van der Waals surface area contributed by atoms with Gasteiger partial charge in [0.05, 0.1) is 11.2 Å². The number of allylic oxidation sites excluding steroid dienone is 2. The first kappa shape index (κ1) is 18.8. The van der Waals surface area contributed by atoms with Gasteiger partial charge >= 0.3 is 7.12 Å². The highest BCUT2D eigenvalue weighted by Crippen LogP contribution is 2.36. The van der Waals surface area contributed by atoms with Crippen molar-refractivity contribution in [3.05, 3.63) is 48.2 Å². The van der Waals surface area contributed by atoms with Gasteiger partial charge < -0.3 is 14.2 Å². The summed E-state index contributed by atoms with van der Waals surface area (Å²) in [6.45, 7) is 13.3. The molecule has 1 fully saturated rings. The lowest BCUT2D eigenvalue weighted by atomic mass is 9.78. The molecule has 1 aromatic rings. The smallest absolute Gasteiger partial charge is 0.399 e. The number of likely N-dealkylation sites (N-methyl/N-ethyl adjacent to an activating group) is 1. The maximum absolute atomic E-state index is 6.15. The van der Waals surface area contributed by atoms with Gasteiger partial charge in [-0.2, -0.15) is 0 Å². The van der Waals surface area contributed by atoms with E-state index in [1.54, 1.807) is 0 Å². The summed E-state index contributed by atoms with van der Waals surface area (Å²) in [7, 11) is 1.78. The Hall–Kier alpha value is -1.52. The molecule has 2 aliphatic rings. The number of hydrogen-bond acceptors (Lipinski definition) is 3. The zero-order chi connectivity index (χ0) is 18.0. The van der Waals surface area contributed by atoms with Crippen LogP contribution < -0.4 is 5.46 Å². The van der Waals surface area contributed by atoms with Crippen molar-refractivity contribution in [1.29, 1.82) is 0 Å². The van der Waals surface area contributed by atoms with Crippen molar-refractivity contribution in [2.24, 2.45) is 0 Å². The molecule has 0 aliphatic carbocycles. The average Bonchev–Trinajstić information content (AvgIpc) is 2.78. The number of hydrogen-bond donors (Lipinski definition) is 0. The largest absolute Gasteiger partial charge is 0.494 e. The quantitative estimate of drug-likeness (QED) is 0.770. The summed E-state index contributed by atoms with van der Waals surface area (Å²) in [5.74, 6) is 0. The van der Waals surface area contributed by atoms with Crippen LogP contribution in [0.3, 0.4) is 0 Å².